The average molecular weight is 376 g/mol. The SMILES string of the molecule is CCOc1cc(C=O)ccc1OC(=O)COc1ccc(-c2ccccc2)cc1. The Morgan fingerprint density at radius 3 is 2.25 bits per heavy atom. The maximum atomic E-state index is 12.1. The van der Waals surface area contributed by atoms with Gasteiger partial charge < -0.3 is 14.2 Å². The first kappa shape index (κ1) is 19.2. The van der Waals surface area contributed by atoms with Crippen LogP contribution in [-0.4, -0.2) is 25.5 Å². The van der Waals surface area contributed by atoms with E-state index in [0.717, 1.165) is 11.1 Å². The lowest BCUT2D eigenvalue weighted by Gasteiger charge is -2.11. The van der Waals surface area contributed by atoms with Gasteiger partial charge >= 0.3 is 5.97 Å². The fourth-order valence-corrected chi connectivity index (χ4v) is 2.62. The van der Waals surface area contributed by atoms with E-state index in [4.69, 9.17) is 14.2 Å². The van der Waals surface area contributed by atoms with Crippen LogP contribution in [0.15, 0.2) is 72.8 Å². The van der Waals surface area contributed by atoms with Crippen molar-refractivity contribution in [2.75, 3.05) is 13.2 Å². The van der Waals surface area contributed by atoms with E-state index in [-0.39, 0.29) is 12.4 Å². The van der Waals surface area contributed by atoms with E-state index in [1.54, 1.807) is 25.1 Å². The molecule has 3 aromatic carbocycles. The molecule has 0 saturated heterocycles. The van der Waals surface area contributed by atoms with Gasteiger partial charge in [-0.3, -0.25) is 4.79 Å². The highest BCUT2D eigenvalue weighted by atomic mass is 16.6. The molecule has 142 valence electrons. The fourth-order valence-electron chi connectivity index (χ4n) is 2.62. The highest BCUT2D eigenvalue weighted by molar-refractivity contribution is 5.78. The molecule has 0 fully saturated rings. The van der Waals surface area contributed by atoms with Crippen LogP contribution in [0.3, 0.4) is 0 Å². The van der Waals surface area contributed by atoms with Crippen molar-refractivity contribution in [1.82, 2.24) is 0 Å². The number of aldehydes is 1. The largest absolute Gasteiger partial charge is 0.490 e. The van der Waals surface area contributed by atoms with Crippen molar-refractivity contribution in [3.63, 3.8) is 0 Å². The highest BCUT2D eigenvalue weighted by Crippen LogP contribution is 2.28. The summed E-state index contributed by atoms with van der Waals surface area (Å²) >= 11 is 0. The third kappa shape index (κ3) is 4.98. The van der Waals surface area contributed by atoms with Gasteiger partial charge in [0.25, 0.3) is 0 Å². The number of hydrogen-bond donors (Lipinski definition) is 0. The van der Waals surface area contributed by atoms with Crippen molar-refractivity contribution in [2.24, 2.45) is 0 Å². The topological polar surface area (TPSA) is 61.8 Å². The van der Waals surface area contributed by atoms with Crippen molar-refractivity contribution in [2.45, 2.75) is 6.92 Å². The molecule has 28 heavy (non-hydrogen) atoms. The van der Waals surface area contributed by atoms with Gasteiger partial charge in [0.05, 0.1) is 6.61 Å². The summed E-state index contributed by atoms with van der Waals surface area (Å²) in [6.45, 7) is 1.95. The molecular weight excluding hydrogens is 356 g/mol. The second-order valence-electron chi connectivity index (χ2n) is 5.91. The van der Waals surface area contributed by atoms with E-state index in [1.807, 2.05) is 42.5 Å². The normalized spacial score (nSPS) is 10.2. The molecule has 0 spiro atoms. The summed E-state index contributed by atoms with van der Waals surface area (Å²) in [5, 5.41) is 0. The van der Waals surface area contributed by atoms with Crippen molar-refractivity contribution in [3.8, 4) is 28.4 Å². The molecule has 0 aliphatic heterocycles. The monoisotopic (exact) mass is 376 g/mol. The minimum Gasteiger partial charge on any atom is -0.490 e. The van der Waals surface area contributed by atoms with Crippen LogP contribution in [0, 0.1) is 0 Å². The first-order valence-electron chi connectivity index (χ1n) is 8.90. The first-order valence-corrected chi connectivity index (χ1v) is 8.90. The van der Waals surface area contributed by atoms with Crippen LogP contribution in [0.4, 0.5) is 0 Å². The van der Waals surface area contributed by atoms with Gasteiger partial charge in [-0.05, 0) is 48.4 Å². The van der Waals surface area contributed by atoms with Gasteiger partial charge in [0.2, 0.25) is 0 Å². The summed E-state index contributed by atoms with van der Waals surface area (Å²) < 4.78 is 16.2. The molecule has 3 aromatic rings. The third-order valence-corrected chi connectivity index (χ3v) is 3.95. The molecule has 3 rings (SSSR count). The number of carbonyl (C=O) groups excluding carboxylic acids is 2. The molecule has 0 radical (unpaired) electrons. The lowest BCUT2D eigenvalue weighted by atomic mass is 10.1. The third-order valence-electron chi connectivity index (χ3n) is 3.95. The van der Waals surface area contributed by atoms with E-state index in [9.17, 15) is 9.59 Å². The van der Waals surface area contributed by atoms with Crippen molar-refractivity contribution >= 4 is 12.3 Å². The van der Waals surface area contributed by atoms with E-state index in [0.29, 0.717) is 30.0 Å². The summed E-state index contributed by atoms with van der Waals surface area (Å²) in [6.07, 6.45) is 0.705. The van der Waals surface area contributed by atoms with E-state index in [2.05, 4.69) is 0 Å². The Balaban J connectivity index is 1.59. The molecule has 0 atom stereocenters. The minimum atomic E-state index is -0.563. The van der Waals surface area contributed by atoms with Gasteiger partial charge in [0.15, 0.2) is 18.1 Å². The molecule has 0 aliphatic rings. The van der Waals surface area contributed by atoms with E-state index in [1.165, 1.54) is 12.1 Å². The predicted octanol–water partition coefficient (Wildman–Crippen LogP) is 4.55. The summed E-state index contributed by atoms with van der Waals surface area (Å²) in [5.74, 6) is 0.595. The number of benzene rings is 3. The smallest absolute Gasteiger partial charge is 0.349 e. The second-order valence-corrected chi connectivity index (χ2v) is 5.91. The Bertz CT molecular complexity index is 933. The minimum absolute atomic E-state index is 0.244. The molecular formula is C23H20O5. The number of hydrogen-bond acceptors (Lipinski definition) is 5. The zero-order chi connectivity index (χ0) is 19.8. The van der Waals surface area contributed by atoms with E-state index >= 15 is 0 Å². The van der Waals surface area contributed by atoms with Gasteiger partial charge in [-0.1, -0.05) is 42.5 Å². The Hall–Kier alpha value is -3.60. The van der Waals surface area contributed by atoms with Crippen LogP contribution < -0.4 is 14.2 Å². The maximum absolute atomic E-state index is 12.1. The maximum Gasteiger partial charge on any atom is 0.349 e. The molecule has 0 aromatic heterocycles. The summed E-state index contributed by atoms with van der Waals surface area (Å²) in [5.41, 5.74) is 2.61. The fraction of sp³-hybridized carbons (Fsp3) is 0.130. The molecule has 0 heterocycles. The van der Waals surface area contributed by atoms with Crippen LogP contribution in [0.2, 0.25) is 0 Å². The lowest BCUT2D eigenvalue weighted by molar-refractivity contribution is -0.136. The van der Waals surface area contributed by atoms with Gasteiger partial charge in [-0.2, -0.15) is 0 Å². The number of rotatable bonds is 8. The molecule has 0 N–H and O–H groups in total. The van der Waals surface area contributed by atoms with Crippen LogP contribution in [0.1, 0.15) is 17.3 Å². The molecule has 5 heteroatoms. The zero-order valence-electron chi connectivity index (χ0n) is 15.5. The summed E-state index contributed by atoms with van der Waals surface area (Å²) in [4.78, 5) is 23.0. The number of ether oxygens (including phenoxy) is 3. The molecule has 0 aliphatic carbocycles. The van der Waals surface area contributed by atoms with Gasteiger partial charge in [-0.15, -0.1) is 0 Å². The second kappa shape index (κ2) is 9.37. The average Bonchev–Trinajstić information content (AvgIpc) is 2.74. The van der Waals surface area contributed by atoms with Crippen molar-refractivity contribution in [3.05, 3.63) is 78.4 Å². The number of esters is 1. The van der Waals surface area contributed by atoms with Crippen LogP contribution >= 0.6 is 0 Å². The van der Waals surface area contributed by atoms with E-state index < -0.39 is 5.97 Å². The summed E-state index contributed by atoms with van der Waals surface area (Å²) in [6, 6.07) is 22.1. The zero-order valence-corrected chi connectivity index (χ0v) is 15.5. The quantitative estimate of drug-likeness (QED) is 0.328. The summed E-state index contributed by atoms with van der Waals surface area (Å²) in [7, 11) is 0. The van der Waals surface area contributed by atoms with Gasteiger partial charge in [-0.25, -0.2) is 4.79 Å². The lowest BCUT2D eigenvalue weighted by Crippen LogP contribution is -2.18. The number of carbonyl (C=O) groups is 2. The Morgan fingerprint density at radius 2 is 1.57 bits per heavy atom. The Morgan fingerprint density at radius 1 is 0.857 bits per heavy atom. The van der Waals surface area contributed by atoms with Gasteiger partial charge in [0, 0.05) is 5.56 Å². The van der Waals surface area contributed by atoms with Crippen LogP contribution in [0.5, 0.6) is 17.2 Å². The van der Waals surface area contributed by atoms with Crippen molar-refractivity contribution in [1.29, 1.82) is 0 Å². The van der Waals surface area contributed by atoms with Crippen LogP contribution in [0.25, 0.3) is 11.1 Å². The molecule has 0 bridgehead atoms. The highest BCUT2D eigenvalue weighted by Gasteiger charge is 2.12. The molecule has 0 saturated carbocycles. The molecule has 5 nitrogen and oxygen atoms in total. The van der Waals surface area contributed by atoms with Gasteiger partial charge in [0.1, 0.15) is 12.0 Å². The Kier molecular flexibility index (Phi) is 6.41. The molecule has 0 amide bonds. The standard InChI is InChI=1S/C23H20O5/c1-2-26-22-14-17(15-24)8-13-21(22)28-23(25)16-27-20-11-9-19(10-12-20)18-6-4-3-5-7-18/h3-15H,2,16H2,1H3. The Labute approximate surface area is 163 Å². The molecule has 0 unspecified atom stereocenters. The van der Waals surface area contributed by atoms with Crippen LogP contribution in [-0.2, 0) is 4.79 Å². The first-order chi connectivity index (χ1) is 13.7. The predicted molar refractivity (Wildman–Crippen MR) is 106 cm³/mol. The van der Waals surface area contributed by atoms with Crippen molar-refractivity contribution < 1.29 is 23.8 Å².